The lowest BCUT2D eigenvalue weighted by atomic mass is 9.90. The molecule has 160 valence electrons. The second-order valence-electron chi connectivity index (χ2n) is 11.1. The standard InChI is InChI=1S/C25H40N4/c1-24(2,3)15-17-29(18-16-25(4,5)6)23-27-21-14-10-9-13-20(21)22(28-23)26-19-11-7-8-12-19/h9-10,13-14,19H,7-8,11-12,15-18H2,1-6H3,(H,26,27,28). The number of rotatable bonds is 7. The van der Waals surface area contributed by atoms with Crippen LogP contribution in [0.25, 0.3) is 10.9 Å². The van der Waals surface area contributed by atoms with E-state index in [0.717, 1.165) is 48.6 Å². The van der Waals surface area contributed by atoms with Gasteiger partial charge in [-0.3, -0.25) is 0 Å². The maximum Gasteiger partial charge on any atom is 0.227 e. The predicted octanol–water partition coefficient (Wildman–Crippen LogP) is 6.66. The number of nitrogens with one attached hydrogen (secondary N) is 1. The summed E-state index contributed by atoms with van der Waals surface area (Å²) in [4.78, 5) is 12.5. The van der Waals surface area contributed by atoms with Crippen LogP contribution in [-0.4, -0.2) is 29.1 Å². The van der Waals surface area contributed by atoms with Crippen molar-refractivity contribution in [2.45, 2.75) is 86.1 Å². The molecule has 0 saturated heterocycles. The molecule has 1 fully saturated rings. The zero-order chi connectivity index (χ0) is 21.1. The summed E-state index contributed by atoms with van der Waals surface area (Å²) >= 11 is 0. The van der Waals surface area contributed by atoms with E-state index >= 15 is 0 Å². The van der Waals surface area contributed by atoms with Crippen molar-refractivity contribution in [3.63, 3.8) is 0 Å². The third-order valence-corrected chi connectivity index (χ3v) is 5.83. The Morgan fingerprint density at radius 2 is 1.48 bits per heavy atom. The Hall–Kier alpha value is -1.84. The monoisotopic (exact) mass is 396 g/mol. The van der Waals surface area contributed by atoms with Crippen LogP contribution in [0.3, 0.4) is 0 Å². The summed E-state index contributed by atoms with van der Waals surface area (Å²) in [6, 6.07) is 8.96. The van der Waals surface area contributed by atoms with Crippen LogP contribution in [0, 0.1) is 10.8 Å². The van der Waals surface area contributed by atoms with Gasteiger partial charge in [0.25, 0.3) is 0 Å². The van der Waals surface area contributed by atoms with E-state index in [2.05, 4.69) is 76.0 Å². The van der Waals surface area contributed by atoms with Crippen molar-refractivity contribution in [3.05, 3.63) is 24.3 Å². The molecule has 1 aliphatic carbocycles. The Balaban J connectivity index is 1.93. The van der Waals surface area contributed by atoms with E-state index in [1.165, 1.54) is 25.7 Å². The summed E-state index contributed by atoms with van der Waals surface area (Å²) in [7, 11) is 0. The Kier molecular flexibility index (Phi) is 6.70. The Labute approximate surface area is 177 Å². The fourth-order valence-electron chi connectivity index (χ4n) is 3.83. The van der Waals surface area contributed by atoms with Gasteiger partial charge in [0.15, 0.2) is 0 Å². The molecule has 0 amide bonds. The molecule has 4 nitrogen and oxygen atoms in total. The molecular weight excluding hydrogens is 356 g/mol. The van der Waals surface area contributed by atoms with Crippen molar-refractivity contribution < 1.29 is 0 Å². The van der Waals surface area contributed by atoms with Gasteiger partial charge in [-0.2, -0.15) is 4.98 Å². The van der Waals surface area contributed by atoms with Crippen molar-refractivity contribution in [3.8, 4) is 0 Å². The molecule has 3 rings (SSSR count). The van der Waals surface area contributed by atoms with Crippen LogP contribution < -0.4 is 10.2 Å². The van der Waals surface area contributed by atoms with Crippen molar-refractivity contribution in [1.82, 2.24) is 9.97 Å². The normalized spacial score (nSPS) is 15.8. The number of fused-ring (bicyclic) bond motifs is 1. The minimum absolute atomic E-state index is 0.293. The van der Waals surface area contributed by atoms with Gasteiger partial charge in [0.05, 0.1) is 5.52 Å². The van der Waals surface area contributed by atoms with E-state index in [-0.39, 0.29) is 0 Å². The molecule has 1 heterocycles. The summed E-state index contributed by atoms with van der Waals surface area (Å²) in [6.45, 7) is 15.8. The van der Waals surface area contributed by atoms with E-state index in [9.17, 15) is 0 Å². The van der Waals surface area contributed by atoms with Gasteiger partial charge in [0, 0.05) is 24.5 Å². The van der Waals surface area contributed by atoms with Gasteiger partial charge < -0.3 is 10.2 Å². The van der Waals surface area contributed by atoms with E-state index < -0.39 is 0 Å². The molecule has 1 aromatic heterocycles. The molecule has 0 unspecified atom stereocenters. The second-order valence-corrected chi connectivity index (χ2v) is 11.1. The average molecular weight is 397 g/mol. The molecule has 2 aromatic rings. The SMILES string of the molecule is CC(C)(C)CCN(CCC(C)(C)C)c1nc(NC2CCCC2)c2ccccc2n1. The third kappa shape index (κ3) is 6.58. The molecule has 0 bridgehead atoms. The topological polar surface area (TPSA) is 41.1 Å². The molecule has 29 heavy (non-hydrogen) atoms. The Morgan fingerprint density at radius 1 is 0.897 bits per heavy atom. The van der Waals surface area contributed by atoms with Crippen LogP contribution >= 0.6 is 0 Å². The lowest BCUT2D eigenvalue weighted by Crippen LogP contribution is -2.32. The quantitative estimate of drug-likeness (QED) is 0.568. The van der Waals surface area contributed by atoms with Crippen LogP contribution in [-0.2, 0) is 0 Å². The van der Waals surface area contributed by atoms with E-state index in [1.807, 2.05) is 0 Å². The van der Waals surface area contributed by atoms with Gasteiger partial charge in [-0.15, -0.1) is 0 Å². The van der Waals surface area contributed by atoms with Gasteiger partial charge >= 0.3 is 0 Å². The van der Waals surface area contributed by atoms with E-state index in [0.29, 0.717) is 16.9 Å². The third-order valence-electron chi connectivity index (χ3n) is 5.83. The van der Waals surface area contributed by atoms with Crippen LogP contribution in [0.1, 0.15) is 80.1 Å². The largest absolute Gasteiger partial charge is 0.367 e. The van der Waals surface area contributed by atoms with Gasteiger partial charge in [-0.25, -0.2) is 4.98 Å². The molecule has 4 heteroatoms. The smallest absolute Gasteiger partial charge is 0.227 e. The molecule has 1 N–H and O–H groups in total. The number of benzene rings is 1. The lowest BCUT2D eigenvalue weighted by molar-refractivity contribution is 0.355. The number of anilines is 2. The minimum atomic E-state index is 0.293. The highest BCUT2D eigenvalue weighted by molar-refractivity contribution is 5.90. The molecule has 0 atom stereocenters. The zero-order valence-electron chi connectivity index (χ0n) is 19.4. The molecular formula is C25H40N4. The zero-order valence-corrected chi connectivity index (χ0v) is 19.4. The fourth-order valence-corrected chi connectivity index (χ4v) is 3.83. The van der Waals surface area contributed by atoms with Crippen molar-refractivity contribution in [2.75, 3.05) is 23.3 Å². The highest BCUT2D eigenvalue weighted by Crippen LogP contribution is 2.29. The van der Waals surface area contributed by atoms with Crippen molar-refractivity contribution >= 4 is 22.7 Å². The van der Waals surface area contributed by atoms with Gasteiger partial charge in [-0.1, -0.05) is 66.5 Å². The number of hydrogen-bond donors (Lipinski definition) is 1. The van der Waals surface area contributed by atoms with Crippen molar-refractivity contribution in [1.29, 1.82) is 0 Å². The lowest BCUT2D eigenvalue weighted by Gasteiger charge is -2.30. The fraction of sp³-hybridized carbons (Fsp3) is 0.680. The second kappa shape index (κ2) is 8.89. The van der Waals surface area contributed by atoms with Crippen LogP contribution in [0.2, 0.25) is 0 Å². The summed E-state index contributed by atoms with van der Waals surface area (Å²) in [5.74, 6) is 1.88. The first-order valence-electron chi connectivity index (χ1n) is 11.4. The Bertz CT molecular complexity index is 777. The number of nitrogens with zero attached hydrogens (tertiary/aromatic N) is 3. The van der Waals surface area contributed by atoms with Gasteiger partial charge in [0.2, 0.25) is 5.95 Å². The molecule has 1 aliphatic rings. The number of aromatic nitrogens is 2. The highest BCUT2D eigenvalue weighted by atomic mass is 15.3. The summed E-state index contributed by atoms with van der Waals surface area (Å²) in [6.07, 6.45) is 7.36. The minimum Gasteiger partial charge on any atom is -0.367 e. The van der Waals surface area contributed by atoms with Crippen LogP contribution in [0.5, 0.6) is 0 Å². The molecule has 1 aromatic carbocycles. The Morgan fingerprint density at radius 3 is 2.07 bits per heavy atom. The first kappa shape index (κ1) is 21.9. The molecule has 0 aliphatic heterocycles. The summed E-state index contributed by atoms with van der Waals surface area (Å²) < 4.78 is 0. The molecule has 1 saturated carbocycles. The summed E-state index contributed by atoms with van der Waals surface area (Å²) in [5, 5.41) is 4.88. The molecule has 0 spiro atoms. The first-order chi connectivity index (χ1) is 13.6. The van der Waals surface area contributed by atoms with Gasteiger partial charge in [-0.05, 0) is 48.6 Å². The highest BCUT2D eigenvalue weighted by Gasteiger charge is 2.21. The van der Waals surface area contributed by atoms with Crippen LogP contribution in [0.4, 0.5) is 11.8 Å². The van der Waals surface area contributed by atoms with Crippen molar-refractivity contribution in [2.24, 2.45) is 10.8 Å². The van der Waals surface area contributed by atoms with Crippen LogP contribution in [0.15, 0.2) is 24.3 Å². The van der Waals surface area contributed by atoms with E-state index in [1.54, 1.807) is 0 Å². The number of para-hydroxylation sites is 1. The first-order valence-corrected chi connectivity index (χ1v) is 11.4. The average Bonchev–Trinajstić information content (AvgIpc) is 3.13. The maximum absolute atomic E-state index is 5.07. The maximum atomic E-state index is 5.07. The number of hydrogen-bond acceptors (Lipinski definition) is 4. The van der Waals surface area contributed by atoms with Gasteiger partial charge in [0.1, 0.15) is 5.82 Å². The summed E-state index contributed by atoms with van der Waals surface area (Å²) in [5.41, 5.74) is 1.62. The predicted molar refractivity (Wildman–Crippen MR) is 126 cm³/mol. The molecule has 0 radical (unpaired) electrons. The van der Waals surface area contributed by atoms with E-state index in [4.69, 9.17) is 9.97 Å².